The summed E-state index contributed by atoms with van der Waals surface area (Å²) in [4.78, 5) is 0. The largest absolute Gasteiger partial charge is 0.377 e. The van der Waals surface area contributed by atoms with Crippen LogP contribution in [0.2, 0.25) is 0 Å². The van der Waals surface area contributed by atoms with Crippen LogP contribution in [0.5, 0.6) is 0 Å². The van der Waals surface area contributed by atoms with Crippen molar-refractivity contribution in [1.82, 2.24) is 0 Å². The average molecular weight is 316 g/mol. The molecule has 4 heteroatoms. The highest BCUT2D eigenvalue weighted by Gasteiger charge is 2.39. The highest BCUT2D eigenvalue weighted by Crippen LogP contribution is 2.36. The summed E-state index contributed by atoms with van der Waals surface area (Å²) in [6.07, 6.45) is 4.74. The summed E-state index contributed by atoms with van der Waals surface area (Å²) in [6.45, 7) is 0. The lowest BCUT2D eigenvalue weighted by Crippen LogP contribution is -2.48. The quantitative estimate of drug-likeness (QED) is 0.924. The van der Waals surface area contributed by atoms with E-state index in [0.717, 1.165) is 30.2 Å². The van der Waals surface area contributed by atoms with E-state index in [1.54, 1.807) is 19.2 Å². The highest BCUT2D eigenvalue weighted by atomic mass is 79.9. The Morgan fingerprint density at radius 3 is 2.72 bits per heavy atom. The fourth-order valence-corrected chi connectivity index (χ4v) is 3.23. The van der Waals surface area contributed by atoms with E-state index in [1.165, 1.54) is 6.07 Å². The summed E-state index contributed by atoms with van der Waals surface area (Å²) in [6, 6.07) is 4.81. The van der Waals surface area contributed by atoms with Gasteiger partial charge < -0.3 is 10.5 Å². The molecule has 2 N–H and O–H groups in total. The first-order chi connectivity index (χ1) is 8.57. The van der Waals surface area contributed by atoms with Crippen LogP contribution >= 0.6 is 15.9 Å². The number of hydrogen-bond acceptors (Lipinski definition) is 2. The van der Waals surface area contributed by atoms with Crippen molar-refractivity contribution in [2.75, 3.05) is 7.11 Å². The molecule has 1 aliphatic carbocycles. The van der Waals surface area contributed by atoms with Crippen molar-refractivity contribution < 1.29 is 9.13 Å². The zero-order valence-electron chi connectivity index (χ0n) is 10.6. The van der Waals surface area contributed by atoms with Crippen molar-refractivity contribution >= 4 is 15.9 Å². The highest BCUT2D eigenvalue weighted by molar-refractivity contribution is 9.10. The van der Waals surface area contributed by atoms with Crippen molar-refractivity contribution in [2.24, 2.45) is 5.73 Å². The molecule has 2 nitrogen and oxygen atoms in total. The lowest BCUT2D eigenvalue weighted by atomic mass is 9.88. The van der Waals surface area contributed by atoms with Gasteiger partial charge in [-0.15, -0.1) is 0 Å². The Balaban J connectivity index is 2.15. The molecular formula is C14H19BrFNO. The van der Waals surface area contributed by atoms with Crippen LogP contribution < -0.4 is 5.73 Å². The summed E-state index contributed by atoms with van der Waals surface area (Å²) in [5.74, 6) is -0.196. The third-order valence-electron chi connectivity index (χ3n) is 3.98. The summed E-state index contributed by atoms with van der Waals surface area (Å²) in [5.41, 5.74) is 6.65. The van der Waals surface area contributed by atoms with E-state index in [9.17, 15) is 4.39 Å². The van der Waals surface area contributed by atoms with Crippen LogP contribution in [-0.2, 0) is 11.2 Å². The maximum absolute atomic E-state index is 13.7. The third kappa shape index (κ3) is 2.76. The Bertz CT molecular complexity index is 418. The first-order valence-electron chi connectivity index (χ1n) is 6.32. The Morgan fingerprint density at radius 1 is 1.44 bits per heavy atom. The molecule has 0 aliphatic heterocycles. The second-order valence-electron chi connectivity index (χ2n) is 5.02. The zero-order valence-corrected chi connectivity index (χ0v) is 12.2. The van der Waals surface area contributed by atoms with E-state index in [1.807, 2.05) is 0 Å². The Labute approximate surface area is 116 Å². The van der Waals surface area contributed by atoms with Crippen molar-refractivity contribution in [2.45, 2.75) is 43.7 Å². The van der Waals surface area contributed by atoms with E-state index in [4.69, 9.17) is 10.5 Å². The third-order valence-corrected chi connectivity index (χ3v) is 4.47. The van der Waals surface area contributed by atoms with Crippen molar-refractivity contribution in [3.63, 3.8) is 0 Å². The fraction of sp³-hybridized carbons (Fsp3) is 0.571. The SMILES string of the molecule is COC1(C(N)Cc2cc(Br)ccc2F)CCCC1. The predicted octanol–water partition coefficient (Wildman–Crippen LogP) is 3.42. The van der Waals surface area contributed by atoms with Gasteiger partial charge >= 0.3 is 0 Å². The molecule has 1 unspecified atom stereocenters. The normalized spacial score (nSPS) is 20.0. The van der Waals surface area contributed by atoms with Gasteiger partial charge in [0.15, 0.2) is 0 Å². The first-order valence-corrected chi connectivity index (χ1v) is 7.11. The van der Waals surface area contributed by atoms with Gasteiger partial charge in [-0.3, -0.25) is 0 Å². The van der Waals surface area contributed by atoms with Gasteiger partial charge in [0.05, 0.1) is 5.60 Å². The molecule has 0 aromatic heterocycles. The standard InChI is InChI=1S/C14H19BrFNO/c1-18-14(6-2-3-7-14)13(17)9-10-8-11(15)4-5-12(10)16/h4-5,8,13H,2-3,6-7,9,17H2,1H3. The summed E-state index contributed by atoms with van der Waals surface area (Å²) >= 11 is 3.36. The fourth-order valence-electron chi connectivity index (χ4n) is 2.82. The van der Waals surface area contributed by atoms with Gasteiger partial charge in [0.2, 0.25) is 0 Å². The minimum Gasteiger partial charge on any atom is -0.377 e. The van der Waals surface area contributed by atoms with Crippen molar-refractivity contribution in [3.05, 3.63) is 34.1 Å². The Kier molecular flexibility index (Phi) is 4.41. The summed E-state index contributed by atoms with van der Waals surface area (Å²) in [5, 5.41) is 0. The lowest BCUT2D eigenvalue weighted by molar-refractivity contribution is -0.0255. The molecule has 100 valence electrons. The van der Waals surface area contributed by atoms with Gasteiger partial charge in [-0.1, -0.05) is 28.8 Å². The predicted molar refractivity (Wildman–Crippen MR) is 74.0 cm³/mol. The van der Waals surface area contributed by atoms with Crippen molar-refractivity contribution in [1.29, 1.82) is 0 Å². The van der Waals surface area contributed by atoms with Crippen LogP contribution in [0, 0.1) is 5.82 Å². The van der Waals surface area contributed by atoms with Gasteiger partial charge in [-0.05, 0) is 43.0 Å². The molecule has 1 aromatic rings. The molecule has 1 aromatic carbocycles. The van der Waals surface area contributed by atoms with E-state index in [0.29, 0.717) is 12.0 Å². The number of benzene rings is 1. The average Bonchev–Trinajstić information content (AvgIpc) is 2.84. The van der Waals surface area contributed by atoms with E-state index >= 15 is 0 Å². The number of nitrogens with two attached hydrogens (primary N) is 1. The van der Waals surface area contributed by atoms with Crippen LogP contribution in [0.1, 0.15) is 31.2 Å². The summed E-state index contributed by atoms with van der Waals surface area (Å²) in [7, 11) is 1.71. The molecule has 0 bridgehead atoms. The second kappa shape index (κ2) is 5.68. The maximum atomic E-state index is 13.7. The Morgan fingerprint density at radius 2 is 2.11 bits per heavy atom. The second-order valence-corrected chi connectivity index (χ2v) is 5.94. The van der Waals surface area contributed by atoms with Crippen LogP contribution in [0.25, 0.3) is 0 Å². The van der Waals surface area contributed by atoms with Crippen LogP contribution in [0.15, 0.2) is 22.7 Å². The van der Waals surface area contributed by atoms with Gasteiger partial charge in [0.25, 0.3) is 0 Å². The molecule has 1 aliphatic rings. The van der Waals surface area contributed by atoms with E-state index in [-0.39, 0.29) is 17.5 Å². The van der Waals surface area contributed by atoms with Gasteiger partial charge in [0.1, 0.15) is 5.82 Å². The van der Waals surface area contributed by atoms with Crippen LogP contribution in [-0.4, -0.2) is 18.8 Å². The van der Waals surface area contributed by atoms with E-state index < -0.39 is 0 Å². The number of halogens is 2. The van der Waals surface area contributed by atoms with Crippen LogP contribution in [0.3, 0.4) is 0 Å². The van der Waals surface area contributed by atoms with Crippen molar-refractivity contribution in [3.8, 4) is 0 Å². The zero-order chi connectivity index (χ0) is 13.2. The molecule has 0 saturated heterocycles. The molecular weight excluding hydrogens is 297 g/mol. The monoisotopic (exact) mass is 315 g/mol. The number of hydrogen-bond donors (Lipinski definition) is 1. The minimum atomic E-state index is -0.269. The number of methoxy groups -OCH3 is 1. The van der Waals surface area contributed by atoms with Gasteiger partial charge in [0, 0.05) is 17.6 Å². The van der Waals surface area contributed by atoms with Crippen LogP contribution in [0.4, 0.5) is 4.39 Å². The molecule has 0 radical (unpaired) electrons. The number of ether oxygens (including phenoxy) is 1. The molecule has 1 atom stereocenters. The maximum Gasteiger partial charge on any atom is 0.126 e. The molecule has 0 amide bonds. The topological polar surface area (TPSA) is 35.2 Å². The smallest absolute Gasteiger partial charge is 0.126 e. The number of rotatable bonds is 4. The van der Waals surface area contributed by atoms with E-state index in [2.05, 4.69) is 15.9 Å². The molecule has 2 rings (SSSR count). The first kappa shape index (κ1) is 14.0. The molecule has 1 saturated carbocycles. The van der Waals surface area contributed by atoms with Gasteiger partial charge in [-0.25, -0.2) is 4.39 Å². The lowest BCUT2D eigenvalue weighted by Gasteiger charge is -2.34. The minimum absolute atomic E-state index is 0.159. The molecule has 18 heavy (non-hydrogen) atoms. The molecule has 1 fully saturated rings. The Hall–Kier alpha value is -0.450. The molecule has 0 spiro atoms. The van der Waals surface area contributed by atoms with Gasteiger partial charge in [-0.2, -0.15) is 0 Å². The molecule has 0 heterocycles. The summed E-state index contributed by atoms with van der Waals surface area (Å²) < 4.78 is 20.3.